The molecule has 1 aliphatic rings. The number of fused-ring (bicyclic) bond motifs is 1. The molecule has 1 N–H and O–H groups in total. The van der Waals surface area contributed by atoms with Gasteiger partial charge in [0, 0.05) is 24.1 Å². The lowest BCUT2D eigenvalue weighted by molar-refractivity contribution is -0.116. The summed E-state index contributed by atoms with van der Waals surface area (Å²) in [6, 6.07) is 9.10. The van der Waals surface area contributed by atoms with Crippen molar-refractivity contribution in [1.82, 2.24) is 4.57 Å². The number of carbonyl (C=O) groups excluding carboxylic acids is 1. The number of carbonyl (C=O) groups is 1. The minimum Gasteiger partial charge on any atom is -0.454 e. The second-order valence-electron chi connectivity index (χ2n) is 3.97. The number of nitrogens with one attached hydrogen (secondary N) is 1. The van der Waals surface area contributed by atoms with Crippen LogP contribution in [0, 0.1) is 0 Å². The molecular weight excluding hydrogens is 232 g/mol. The smallest absolute Gasteiger partial charge is 0.244 e. The van der Waals surface area contributed by atoms with Crippen molar-refractivity contribution < 1.29 is 14.3 Å². The number of benzene rings is 1. The van der Waals surface area contributed by atoms with Gasteiger partial charge in [0.2, 0.25) is 12.7 Å². The third kappa shape index (κ3) is 2.15. The maximum atomic E-state index is 11.8. The summed E-state index contributed by atoms with van der Waals surface area (Å²) >= 11 is 0. The van der Waals surface area contributed by atoms with Crippen LogP contribution in [0.5, 0.6) is 11.5 Å². The molecule has 1 amide bonds. The zero-order valence-electron chi connectivity index (χ0n) is 9.63. The van der Waals surface area contributed by atoms with E-state index >= 15 is 0 Å². The molecule has 1 aliphatic heterocycles. The third-order valence-corrected chi connectivity index (χ3v) is 2.65. The number of aromatic nitrogens is 1. The first kappa shape index (κ1) is 10.7. The van der Waals surface area contributed by atoms with E-state index in [1.165, 1.54) is 0 Å². The number of amides is 1. The lowest BCUT2D eigenvalue weighted by atomic mass is 10.3. The van der Waals surface area contributed by atoms with E-state index in [0.717, 1.165) is 0 Å². The first-order valence-electron chi connectivity index (χ1n) is 5.61. The Morgan fingerprint density at radius 1 is 1.22 bits per heavy atom. The Bertz CT molecular complexity index is 564. The van der Waals surface area contributed by atoms with E-state index in [1.807, 2.05) is 29.1 Å². The van der Waals surface area contributed by atoms with Gasteiger partial charge in [0.25, 0.3) is 0 Å². The lowest BCUT2D eigenvalue weighted by Crippen LogP contribution is -2.17. The summed E-state index contributed by atoms with van der Waals surface area (Å²) in [5.41, 5.74) is 0.705. The largest absolute Gasteiger partial charge is 0.454 e. The maximum Gasteiger partial charge on any atom is 0.244 e. The zero-order chi connectivity index (χ0) is 12.4. The van der Waals surface area contributed by atoms with Crippen molar-refractivity contribution in [2.45, 2.75) is 6.54 Å². The Hall–Kier alpha value is -2.43. The molecule has 0 bridgehead atoms. The van der Waals surface area contributed by atoms with Crippen molar-refractivity contribution in [1.29, 1.82) is 0 Å². The fraction of sp³-hybridized carbons (Fsp3) is 0.154. The highest BCUT2D eigenvalue weighted by Gasteiger charge is 2.14. The van der Waals surface area contributed by atoms with E-state index in [-0.39, 0.29) is 12.7 Å². The Morgan fingerprint density at radius 3 is 2.83 bits per heavy atom. The fourth-order valence-corrected chi connectivity index (χ4v) is 1.82. The van der Waals surface area contributed by atoms with Crippen LogP contribution in [-0.4, -0.2) is 17.3 Å². The molecule has 18 heavy (non-hydrogen) atoms. The quantitative estimate of drug-likeness (QED) is 0.896. The van der Waals surface area contributed by atoms with E-state index in [0.29, 0.717) is 23.7 Å². The normalized spacial score (nSPS) is 12.4. The molecular formula is C13H12N2O3. The van der Waals surface area contributed by atoms with Crippen LogP contribution < -0.4 is 14.8 Å². The summed E-state index contributed by atoms with van der Waals surface area (Å²) in [7, 11) is 0. The molecule has 0 unspecified atom stereocenters. The van der Waals surface area contributed by atoms with Crippen molar-refractivity contribution in [3.05, 3.63) is 42.7 Å². The predicted molar refractivity (Wildman–Crippen MR) is 65.6 cm³/mol. The van der Waals surface area contributed by atoms with Gasteiger partial charge in [-0.2, -0.15) is 0 Å². The van der Waals surface area contributed by atoms with E-state index in [9.17, 15) is 4.79 Å². The highest BCUT2D eigenvalue weighted by molar-refractivity contribution is 5.90. The van der Waals surface area contributed by atoms with Gasteiger partial charge in [-0.05, 0) is 24.3 Å². The van der Waals surface area contributed by atoms with Crippen molar-refractivity contribution in [2.24, 2.45) is 0 Å². The van der Waals surface area contributed by atoms with E-state index in [4.69, 9.17) is 9.47 Å². The monoisotopic (exact) mass is 244 g/mol. The summed E-state index contributed by atoms with van der Waals surface area (Å²) in [5, 5.41) is 2.81. The van der Waals surface area contributed by atoms with Gasteiger partial charge in [0.05, 0.1) is 0 Å². The molecule has 0 spiro atoms. The molecule has 0 saturated carbocycles. The molecule has 0 saturated heterocycles. The van der Waals surface area contributed by atoms with Gasteiger partial charge >= 0.3 is 0 Å². The van der Waals surface area contributed by atoms with Crippen molar-refractivity contribution in [3.63, 3.8) is 0 Å². The van der Waals surface area contributed by atoms with Gasteiger partial charge in [-0.25, -0.2) is 0 Å². The van der Waals surface area contributed by atoms with Gasteiger partial charge in [0.1, 0.15) is 6.54 Å². The van der Waals surface area contributed by atoms with E-state index < -0.39 is 0 Å². The molecule has 1 aromatic heterocycles. The standard InChI is InChI=1S/C13H12N2O3/c16-13(8-15-5-1-2-6-15)14-10-3-4-11-12(7-10)18-9-17-11/h1-7H,8-9H2,(H,14,16). The van der Waals surface area contributed by atoms with Gasteiger partial charge in [0.15, 0.2) is 11.5 Å². The van der Waals surface area contributed by atoms with Gasteiger partial charge < -0.3 is 19.4 Å². The number of nitrogens with zero attached hydrogens (tertiary/aromatic N) is 1. The minimum atomic E-state index is -0.0786. The number of hydrogen-bond acceptors (Lipinski definition) is 3. The highest BCUT2D eigenvalue weighted by Crippen LogP contribution is 2.34. The van der Waals surface area contributed by atoms with Crippen LogP contribution in [0.15, 0.2) is 42.7 Å². The molecule has 2 heterocycles. The number of ether oxygens (including phenoxy) is 2. The van der Waals surface area contributed by atoms with Crippen molar-refractivity contribution in [3.8, 4) is 11.5 Å². The van der Waals surface area contributed by atoms with Gasteiger partial charge in [-0.15, -0.1) is 0 Å². The predicted octanol–water partition coefficient (Wildman–Crippen LogP) is 1.86. The summed E-state index contributed by atoms with van der Waals surface area (Å²) < 4.78 is 12.3. The van der Waals surface area contributed by atoms with Crippen LogP contribution >= 0.6 is 0 Å². The lowest BCUT2D eigenvalue weighted by Gasteiger charge is -2.06. The summed E-state index contributed by atoms with van der Waals surface area (Å²) in [6.07, 6.45) is 3.69. The van der Waals surface area contributed by atoms with E-state index in [1.54, 1.807) is 18.2 Å². The van der Waals surface area contributed by atoms with E-state index in [2.05, 4.69) is 5.32 Å². The van der Waals surface area contributed by atoms with Crippen molar-refractivity contribution in [2.75, 3.05) is 12.1 Å². The average Bonchev–Trinajstić information content (AvgIpc) is 2.98. The molecule has 0 atom stereocenters. The molecule has 3 rings (SSSR count). The summed E-state index contributed by atoms with van der Waals surface area (Å²) in [4.78, 5) is 11.8. The maximum absolute atomic E-state index is 11.8. The molecule has 0 radical (unpaired) electrons. The third-order valence-electron chi connectivity index (χ3n) is 2.65. The summed E-state index contributed by atoms with van der Waals surface area (Å²) in [6.45, 7) is 0.525. The van der Waals surface area contributed by atoms with Gasteiger partial charge in [-0.1, -0.05) is 0 Å². The molecule has 0 fully saturated rings. The Morgan fingerprint density at radius 2 is 2.00 bits per heavy atom. The number of hydrogen-bond donors (Lipinski definition) is 1. The second-order valence-corrected chi connectivity index (χ2v) is 3.97. The van der Waals surface area contributed by atoms with Crippen LogP contribution in [0.25, 0.3) is 0 Å². The fourth-order valence-electron chi connectivity index (χ4n) is 1.82. The molecule has 5 heteroatoms. The molecule has 5 nitrogen and oxygen atoms in total. The molecule has 2 aromatic rings. The first-order valence-corrected chi connectivity index (χ1v) is 5.61. The number of rotatable bonds is 3. The Labute approximate surface area is 104 Å². The highest BCUT2D eigenvalue weighted by atomic mass is 16.7. The summed E-state index contributed by atoms with van der Waals surface area (Å²) in [5.74, 6) is 1.29. The molecule has 1 aromatic carbocycles. The molecule has 92 valence electrons. The Balaban J connectivity index is 1.67. The van der Waals surface area contributed by atoms with Gasteiger partial charge in [-0.3, -0.25) is 4.79 Å². The zero-order valence-corrected chi connectivity index (χ0v) is 9.63. The average molecular weight is 244 g/mol. The number of anilines is 1. The first-order chi connectivity index (χ1) is 8.81. The van der Waals surface area contributed by atoms with Crippen LogP contribution in [0.1, 0.15) is 0 Å². The van der Waals surface area contributed by atoms with Crippen LogP contribution in [0.3, 0.4) is 0 Å². The van der Waals surface area contributed by atoms with Crippen LogP contribution in [0.2, 0.25) is 0 Å². The Kier molecular flexibility index (Phi) is 2.64. The second kappa shape index (κ2) is 4.44. The van der Waals surface area contributed by atoms with Crippen LogP contribution in [-0.2, 0) is 11.3 Å². The molecule has 0 aliphatic carbocycles. The minimum absolute atomic E-state index is 0.0786. The van der Waals surface area contributed by atoms with Crippen molar-refractivity contribution >= 4 is 11.6 Å². The topological polar surface area (TPSA) is 52.5 Å². The van der Waals surface area contributed by atoms with Crippen LogP contribution in [0.4, 0.5) is 5.69 Å². The SMILES string of the molecule is O=C(Cn1cccc1)Nc1ccc2c(c1)OCO2.